The summed E-state index contributed by atoms with van der Waals surface area (Å²) in [6, 6.07) is 7.68. The van der Waals surface area contributed by atoms with Gasteiger partial charge in [0, 0.05) is 19.8 Å². The zero-order chi connectivity index (χ0) is 18.1. The Morgan fingerprint density at radius 1 is 1.24 bits per heavy atom. The van der Waals surface area contributed by atoms with Gasteiger partial charge in [-0.3, -0.25) is 0 Å². The van der Waals surface area contributed by atoms with Crippen molar-refractivity contribution in [1.29, 1.82) is 0 Å². The van der Waals surface area contributed by atoms with Crippen molar-refractivity contribution in [3.8, 4) is 5.75 Å². The molecule has 5 nitrogen and oxygen atoms in total. The van der Waals surface area contributed by atoms with E-state index in [9.17, 15) is 8.42 Å². The third-order valence-electron chi connectivity index (χ3n) is 4.15. The summed E-state index contributed by atoms with van der Waals surface area (Å²) in [6.45, 7) is 5.58. The molecule has 25 heavy (non-hydrogen) atoms. The minimum Gasteiger partial charge on any atom is -0.490 e. The van der Waals surface area contributed by atoms with Gasteiger partial charge < -0.3 is 9.47 Å². The van der Waals surface area contributed by atoms with Crippen LogP contribution in [0.5, 0.6) is 5.75 Å². The highest BCUT2D eigenvalue weighted by atomic mass is 32.2. The Morgan fingerprint density at radius 2 is 2.00 bits per heavy atom. The van der Waals surface area contributed by atoms with Crippen LogP contribution in [0.3, 0.4) is 0 Å². The highest BCUT2D eigenvalue weighted by Gasteiger charge is 2.16. The van der Waals surface area contributed by atoms with Crippen molar-refractivity contribution in [2.75, 3.05) is 19.0 Å². The fraction of sp³-hybridized carbons (Fsp3) is 0.684. The van der Waals surface area contributed by atoms with Gasteiger partial charge in [0.1, 0.15) is 5.75 Å². The van der Waals surface area contributed by atoms with E-state index in [0.29, 0.717) is 31.7 Å². The van der Waals surface area contributed by atoms with Gasteiger partial charge in [-0.25, -0.2) is 13.1 Å². The number of nitrogens with one attached hydrogen (secondary N) is 1. The van der Waals surface area contributed by atoms with E-state index in [4.69, 9.17) is 9.47 Å². The molecule has 0 aliphatic heterocycles. The SMILES string of the molecule is CC(C)COCCCS(=O)(=O)NCc1cccc(OC2CCCC2)c1. The van der Waals surface area contributed by atoms with Crippen molar-refractivity contribution < 1.29 is 17.9 Å². The molecule has 1 saturated carbocycles. The van der Waals surface area contributed by atoms with Gasteiger partial charge in [-0.1, -0.05) is 26.0 Å². The molecule has 0 bridgehead atoms. The van der Waals surface area contributed by atoms with Gasteiger partial charge in [-0.05, 0) is 55.7 Å². The third kappa shape index (κ3) is 8.21. The van der Waals surface area contributed by atoms with Crippen molar-refractivity contribution in [3.05, 3.63) is 29.8 Å². The number of ether oxygens (including phenoxy) is 2. The van der Waals surface area contributed by atoms with Crippen LogP contribution >= 0.6 is 0 Å². The van der Waals surface area contributed by atoms with Crippen LogP contribution in [-0.2, 0) is 21.3 Å². The Morgan fingerprint density at radius 3 is 2.72 bits per heavy atom. The minimum absolute atomic E-state index is 0.0867. The molecule has 0 radical (unpaired) electrons. The van der Waals surface area contributed by atoms with E-state index < -0.39 is 10.0 Å². The van der Waals surface area contributed by atoms with Gasteiger partial charge in [-0.15, -0.1) is 0 Å². The summed E-state index contributed by atoms with van der Waals surface area (Å²) in [5, 5.41) is 0. The maximum absolute atomic E-state index is 12.1. The van der Waals surface area contributed by atoms with Crippen molar-refractivity contribution in [2.45, 2.75) is 58.6 Å². The van der Waals surface area contributed by atoms with E-state index in [1.165, 1.54) is 12.8 Å². The molecule has 0 spiro atoms. The van der Waals surface area contributed by atoms with Crippen molar-refractivity contribution in [1.82, 2.24) is 4.72 Å². The number of benzene rings is 1. The number of hydrogen-bond donors (Lipinski definition) is 1. The second kappa shape index (κ2) is 10.1. The number of sulfonamides is 1. The zero-order valence-corrected chi connectivity index (χ0v) is 16.2. The van der Waals surface area contributed by atoms with E-state index >= 15 is 0 Å². The molecule has 142 valence electrons. The average molecular weight is 370 g/mol. The lowest BCUT2D eigenvalue weighted by atomic mass is 10.2. The molecule has 1 aromatic carbocycles. The normalized spacial score (nSPS) is 15.8. The first-order chi connectivity index (χ1) is 11.9. The summed E-state index contributed by atoms with van der Waals surface area (Å²) in [7, 11) is -3.29. The first-order valence-electron chi connectivity index (χ1n) is 9.25. The molecule has 6 heteroatoms. The van der Waals surface area contributed by atoms with Gasteiger partial charge in [0.2, 0.25) is 10.0 Å². The van der Waals surface area contributed by atoms with Crippen LogP contribution in [0, 0.1) is 5.92 Å². The molecule has 0 saturated heterocycles. The Labute approximate surface area is 152 Å². The second-order valence-electron chi connectivity index (χ2n) is 7.13. The third-order valence-corrected chi connectivity index (χ3v) is 5.56. The summed E-state index contributed by atoms with van der Waals surface area (Å²) in [6.07, 6.45) is 5.48. The standard InChI is InChI=1S/C19H31NO4S/c1-16(2)15-23-11-6-12-25(21,22)20-14-17-7-5-10-19(13-17)24-18-8-3-4-9-18/h5,7,10,13,16,18,20H,3-4,6,8-9,11-12,14-15H2,1-2H3. The quantitative estimate of drug-likeness (QED) is 0.607. The highest BCUT2D eigenvalue weighted by Crippen LogP contribution is 2.24. The predicted molar refractivity (Wildman–Crippen MR) is 100 cm³/mol. The fourth-order valence-electron chi connectivity index (χ4n) is 2.86. The molecule has 1 aromatic rings. The maximum Gasteiger partial charge on any atom is 0.211 e. The van der Waals surface area contributed by atoms with Crippen LogP contribution in [-0.4, -0.2) is 33.5 Å². The maximum atomic E-state index is 12.1. The summed E-state index contributed by atoms with van der Waals surface area (Å²) >= 11 is 0. The van der Waals surface area contributed by atoms with E-state index in [1.807, 2.05) is 24.3 Å². The molecule has 0 unspecified atom stereocenters. The van der Waals surface area contributed by atoms with E-state index in [0.717, 1.165) is 24.2 Å². The molecular weight excluding hydrogens is 338 g/mol. The van der Waals surface area contributed by atoms with E-state index in [2.05, 4.69) is 18.6 Å². The minimum atomic E-state index is -3.29. The van der Waals surface area contributed by atoms with Crippen LogP contribution in [0.25, 0.3) is 0 Å². The van der Waals surface area contributed by atoms with Gasteiger partial charge >= 0.3 is 0 Å². The molecule has 1 N–H and O–H groups in total. The molecule has 0 aromatic heterocycles. The summed E-state index contributed by atoms with van der Waals surface area (Å²) in [5.41, 5.74) is 0.912. The first kappa shape index (κ1) is 20.2. The molecule has 0 amide bonds. The van der Waals surface area contributed by atoms with Crippen molar-refractivity contribution in [2.24, 2.45) is 5.92 Å². The van der Waals surface area contributed by atoms with Gasteiger partial charge in [0.05, 0.1) is 11.9 Å². The van der Waals surface area contributed by atoms with Gasteiger partial charge in [0.15, 0.2) is 0 Å². The lowest BCUT2D eigenvalue weighted by Crippen LogP contribution is -2.26. The summed E-state index contributed by atoms with van der Waals surface area (Å²) in [5.74, 6) is 1.38. The van der Waals surface area contributed by atoms with Crippen LogP contribution in [0.15, 0.2) is 24.3 Å². The molecule has 0 atom stereocenters. The molecule has 2 rings (SSSR count). The Bertz CT molecular complexity index is 610. The predicted octanol–water partition coefficient (Wildman–Crippen LogP) is 3.49. The molecule has 1 aliphatic rings. The van der Waals surface area contributed by atoms with Crippen LogP contribution in [0.1, 0.15) is 51.5 Å². The van der Waals surface area contributed by atoms with Crippen LogP contribution in [0.4, 0.5) is 0 Å². The highest BCUT2D eigenvalue weighted by molar-refractivity contribution is 7.89. The molecular formula is C19H31NO4S. The molecule has 0 heterocycles. The zero-order valence-electron chi connectivity index (χ0n) is 15.4. The van der Waals surface area contributed by atoms with E-state index in [-0.39, 0.29) is 12.3 Å². The number of rotatable bonds is 11. The van der Waals surface area contributed by atoms with Crippen molar-refractivity contribution in [3.63, 3.8) is 0 Å². The van der Waals surface area contributed by atoms with Crippen LogP contribution in [0.2, 0.25) is 0 Å². The fourth-order valence-corrected chi connectivity index (χ4v) is 3.89. The second-order valence-corrected chi connectivity index (χ2v) is 9.06. The Balaban J connectivity index is 1.73. The number of hydrogen-bond acceptors (Lipinski definition) is 4. The Hall–Kier alpha value is -1.11. The van der Waals surface area contributed by atoms with Crippen LogP contribution < -0.4 is 9.46 Å². The molecule has 1 fully saturated rings. The van der Waals surface area contributed by atoms with Crippen molar-refractivity contribution >= 4 is 10.0 Å². The lowest BCUT2D eigenvalue weighted by Gasteiger charge is -2.14. The molecule has 1 aliphatic carbocycles. The van der Waals surface area contributed by atoms with Gasteiger partial charge in [-0.2, -0.15) is 0 Å². The topological polar surface area (TPSA) is 64.6 Å². The Kier molecular flexibility index (Phi) is 8.19. The summed E-state index contributed by atoms with van der Waals surface area (Å²) < 4.78 is 38.2. The average Bonchev–Trinajstić information content (AvgIpc) is 3.06. The first-order valence-corrected chi connectivity index (χ1v) is 10.9. The van der Waals surface area contributed by atoms with E-state index in [1.54, 1.807) is 0 Å². The smallest absolute Gasteiger partial charge is 0.211 e. The van der Waals surface area contributed by atoms with Gasteiger partial charge in [0.25, 0.3) is 0 Å². The summed E-state index contributed by atoms with van der Waals surface area (Å²) in [4.78, 5) is 0. The lowest BCUT2D eigenvalue weighted by molar-refractivity contribution is 0.111. The monoisotopic (exact) mass is 369 g/mol. The largest absolute Gasteiger partial charge is 0.490 e.